The summed E-state index contributed by atoms with van der Waals surface area (Å²) in [5.41, 5.74) is 8.72. The number of nitrogens with zero attached hydrogens (tertiary/aromatic N) is 1. The largest absolute Gasteiger partial charge is 0.314 e. The number of hydrogen-bond acceptors (Lipinski definition) is 2. The lowest BCUT2D eigenvalue weighted by atomic mass is 9.92. The molecular formula is C15H21N3. The molecule has 1 heterocycles. The summed E-state index contributed by atoms with van der Waals surface area (Å²) in [4.78, 5) is 0. The smallest absolute Gasteiger partial charge is 0.0929 e. The molecule has 3 heteroatoms. The summed E-state index contributed by atoms with van der Waals surface area (Å²) in [5.74, 6) is 0. The summed E-state index contributed by atoms with van der Waals surface area (Å²) < 4.78 is 0. The van der Waals surface area contributed by atoms with Gasteiger partial charge in [-0.15, -0.1) is 0 Å². The predicted molar refractivity (Wildman–Crippen MR) is 75.7 cm³/mol. The third kappa shape index (κ3) is 2.18. The molecule has 1 aromatic heterocycles. The molecule has 0 aliphatic heterocycles. The van der Waals surface area contributed by atoms with Gasteiger partial charge in [0, 0.05) is 17.8 Å². The molecule has 0 fully saturated rings. The Bertz CT molecular complexity index is 541. The van der Waals surface area contributed by atoms with Crippen LogP contribution in [-0.4, -0.2) is 17.2 Å². The lowest BCUT2D eigenvalue weighted by Crippen LogP contribution is -2.04. The minimum atomic E-state index is 0.815. The molecule has 0 saturated heterocycles. The monoisotopic (exact) mass is 243 g/mol. The van der Waals surface area contributed by atoms with Gasteiger partial charge in [-0.25, -0.2) is 0 Å². The van der Waals surface area contributed by atoms with E-state index in [9.17, 15) is 0 Å². The maximum Gasteiger partial charge on any atom is 0.0929 e. The zero-order valence-corrected chi connectivity index (χ0v) is 11.8. The fourth-order valence-electron chi connectivity index (χ4n) is 2.37. The first-order valence-electron chi connectivity index (χ1n) is 6.31. The zero-order chi connectivity index (χ0) is 13.3. The molecular weight excluding hydrogens is 222 g/mol. The number of rotatable bonds is 3. The summed E-state index contributed by atoms with van der Waals surface area (Å²) in [6, 6.07) is 4.38. The third-order valence-electron chi connectivity index (χ3n) is 3.62. The molecule has 2 N–H and O–H groups in total. The van der Waals surface area contributed by atoms with Gasteiger partial charge in [0.15, 0.2) is 0 Å². The Labute approximate surface area is 109 Å². The molecule has 0 unspecified atom stereocenters. The van der Waals surface area contributed by atoms with Crippen molar-refractivity contribution >= 4 is 0 Å². The Balaban J connectivity index is 2.55. The van der Waals surface area contributed by atoms with Gasteiger partial charge in [0.1, 0.15) is 0 Å². The van der Waals surface area contributed by atoms with Crippen LogP contribution in [0.15, 0.2) is 12.1 Å². The van der Waals surface area contributed by atoms with Crippen LogP contribution in [0.5, 0.6) is 0 Å². The van der Waals surface area contributed by atoms with Crippen molar-refractivity contribution < 1.29 is 0 Å². The molecule has 0 aliphatic carbocycles. The van der Waals surface area contributed by atoms with Crippen LogP contribution in [-0.2, 0) is 6.54 Å². The van der Waals surface area contributed by atoms with Crippen molar-refractivity contribution in [2.45, 2.75) is 34.2 Å². The van der Waals surface area contributed by atoms with E-state index in [-0.39, 0.29) is 0 Å². The molecule has 2 aromatic rings. The first-order valence-corrected chi connectivity index (χ1v) is 6.31. The van der Waals surface area contributed by atoms with E-state index in [1.54, 1.807) is 0 Å². The van der Waals surface area contributed by atoms with Gasteiger partial charge in [-0.1, -0.05) is 6.07 Å². The number of aromatic nitrogens is 2. The second-order valence-electron chi connectivity index (χ2n) is 4.94. The molecule has 2 rings (SSSR count). The number of benzene rings is 1. The molecule has 0 aliphatic rings. The van der Waals surface area contributed by atoms with Crippen LogP contribution in [0.4, 0.5) is 0 Å². The van der Waals surface area contributed by atoms with E-state index in [1.165, 1.54) is 27.8 Å². The summed E-state index contributed by atoms with van der Waals surface area (Å²) in [6.45, 7) is 9.47. The topological polar surface area (TPSA) is 40.7 Å². The van der Waals surface area contributed by atoms with Crippen LogP contribution in [0.3, 0.4) is 0 Å². The molecule has 1 aromatic carbocycles. The summed E-state index contributed by atoms with van der Waals surface area (Å²) in [6.07, 6.45) is 0. The highest BCUT2D eigenvalue weighted by atomic mass is 15.1. The van der Waals surface area contributed by atoms with Crippen molar-refractivity contribution in [1.82, 2.24) is 15.5 Å². The molecule has 0 amide bonds. The van der Waals surface area contributed by atoms with Crippen LogP contribution in [0.1, 0.15) is 27.9 Å². The number of hydrogen-bond donors (Lipinski definition) is 2. The van der Waals surface area contributed by atoms with Gasteiger partial charge in [-0.2, -0.15) is 5.10 Å². The second kappa shape index (κ2) is 4.94. The fraction of sp³-hybridized carbons (Fsp3) is 0.400. The van der Waals surface area contributed by atoms with Crippen molar-refractivity contribution in [1.29, 1.82) is 0 Å². The molecule has 0 radical (unpaired) electrons. The van der Waals surface area contributed by atoms with Crippen LogP contribution in [0.25, 0.3) is 11.3 Å². The van der Waals surface area contributed by atoms with Crippen LogP contribution >= 0.6 is 0 Å². The second-order valence-corrected chi connectivity index (χ2v) is 4.94. The number of aromatic amines is 1. The molecule has 3 nitrogen and oxygen atoms in total. The Morgan fingerprint density at radius 1 is 1.06 bits per heavy atom. The van der Waals surface area contributed by atoms with E-state index >= 15 is 0 Å². The quantitative estimate of drug-likeness (QED) is 0.870. The van der Waals surface area contributed by atoms with Gasteiger partial charge < -0.3 is 5.32 Å². The zero-order valence-electron chi connectivity index (χ0n) is 11.8. The fourth-order valence-corrected chi connectivity index (χ4v) is 2.37. The Hall–Kier alpha value is -1.61. The van der Waals surface area contributed by atoms with Crippen LogP contribution < -0.4 is 5.32 Å². The molecule has 0 atom stereocenters. The normalized spacial score (nSPS) is 10.9. The van der Waals surface area contributed by atoms with Crippen molar-refractivity contribution in [2.75, 3.05) is 7.05 Å². The third-order valence-corrected chi connectivity index (χ3v) is 3.62. The van der Waals surface area contributed by atoms with E-state index < -0.39 is 0 Å². The van der Waals surface area contributed by atoms with Crippen LogP contribution in [0.2, 0.25) is 0 Å². The summed E-state index contributed by atoms with van der Waals surface area (Å²) in [5, 5.41) is 10.7. The molecule has 0 bridgehead atoms. The average Bonchev–Trinajstić information content (AvgIpc) is 2.76. The molecule has 18 heavy (non-hydrogen) atoms. The van der Waals surface area contributed by atoms with Crippen LogP contribution in [0, 0.1) is 27.7 Å². The predicted octanol–water partition coefficient (Wildman–Crippen LogP) is 3.03. The maximum atomic E-state index is 4.44. The van der Waals surface area contributed by atoms with E-state index in [4.69, 9.17) is 0 Å². The molecule has 0 saturated carbocycles. The molecule has 0 spiro atoms. The highest BCUT2D eigenvalue weighted by molar-refractivity contribution is 5.70. The highest BCUT2D eigenvalue weighted by Crippen LogP contribution is 2.30. The number of H-pyrrole nitrogens is 1. The lowest BCUT2D eigenvalue weighted by molar-refractivity contribution is 0.784. The van der Waals surface area contributed by atoms with Gasteiger partial charge in [-0.3, -0.25) is 5.10 Å². The van der Waals surface area contributed by atoms with E-state index in [2.05, 4.69) is 55.3 Å². The average molecular weight is 243 g/mol. The van der Waals surface area contributed by atoms with Crippen molar-refractivity contribution in [3.63, 3.8) is 0 Å². The van der Waals surface area contributed by atoms with Crippen molar-refractivity contribution in [3.8, 4) is 11.3 Å². The Morgan fingerprint density at radius 3 is 2.22 bits per heavy atom. The van der Waals surface area contributed by atoms with Crippen molar-refractivity contribution in [2.24, 2.45) is 0 Å². The first-order chi connectivity index (χ1) is 8.54. The van der Waals surface area contributed by atoms with E-state index in [0.29, 0.717) is 0 Å². The summed E-state index contributed by atoms with van der Waals surface area (Å²) >= 11 is 0. The van der Waals surface area contributed by atoms with Gasteiger partial charge in [0.25, 0.3) is 0 Å². The van der Waals surface area contributed by atoms with Gasteiger partial charge in [0.05, 0.1) is 5.69 Å². The SMILES string of the molecule is CNCc1cc(-c2c(C)c(C)cc(C)c2C)n[nH]1. The Morgan fingerprint density at radius 2 is 1.67 bits per heavy atom. The summed E-state index contributed by atoms with van der Waals surface area (Å²) in [7, 11) is 1.94. The molecule has 96 valence electrons. The standard InChI is InChI=1S/C15H21N3/c1-9-6-10(2)12(4)15(11(9)3)14-7-13(8-16-5)17-18-14/h6-7,16H,8H2,1-5H3,(H,17,18). The maximum absolute atomic E-state index is 4.44. The minimum Gasteiger partial charge on any atom is -0.314 e. The highest BCUT2D eigenvalue weighted by Gasteiger charge is 2.13. The van der Waals surface area contributed by atoms with Crippen molar-refractivity contribution in [3.05, 3.63) is 40.1 Å². The number of nitrogens with one attached hydrogen (secondary N) is 2. The van der Waals surface area contributed by atoms with E-state index in [0.717, 1.165) is 17.9 Å². The minimum absolute atomic E-state index is 0.815. The number of aryl methyl sites for hydroxylation is 2. The Kier molecular flexibility index (Phi) is 3.53. The lowest BCUT2D eigenvalue weighted by Gasteiger charge is -2.13. The first kappa shape index (κ1) is 12.8. The van der Waals surface area contributed by atoms with E-state index in [1.807, 2.05) is 7.05 Å². The van der Waals surface area contributed by atoms with Gasteiger partial charge in [-0.05, 0) is 63.1 Å². The van der Waals surface area contributed by atoms with Gasteiger partial charge >= 0.3 is 0 Å². The van der Waals surface area contributed by atoms with Gasteiger partial charge in [0.2, 0.25) is 0 Å².